The fraction of sp³-hybridized carbons (Fsp3) is 0.583. The van der Waals surface area contributed by atoms with Crippen molar-refractivity contribution in [1.82, 2.24) is 10.2 Å². The third-order valence-electron chi connectivity index (χ3n) is 3.28. The minimum Gasteiger partial charge on any atom is -0.338 e. The van der Waals surface area contributed by atoms with E-state index in [4.69, 9.17) is 11.6 Å². The molecule has 0 atom stereocenters. The van der Waals surface area contributed by atoms with E-state index in [9.17, 15) is 4.79 Å². The van der Waals surface area contributed by atoms with Gasteiger partial charge in [-0.3, -0.25) is 4.79 Å². The highest BCUT2D eigenvalue weighted by molar-refractivity contribution is 7.13. The van der Waals surface area contributed by atoms with Gasteiger partial charge in [0.05, 0.1) is 5.02 Å². The molecule has 17 heavy (non-hydrogen) atoms. The number of likely N-dealkylation sites (tertiary alicyclic amines) is 1. The number of nitrogens with zero attached hydrogens (tertiary/aromatic N) is 1. The van der Waals surface area contributed by atoms with Crippen LogP contribution in [0.2, 0.25) is 5.02 Å². The number of amides is 1. The van der Waals surface area contributed by atoms with Crippen LogP contribution in [0.5, 0.6) is 0 Å². The van der Waals surface area contributed by atoms with Crippen LogP contribution < -0.4 is 5.32 Å². The molecule has 1 saturated heterocycles. The predicted molar refractivity (Wildman–Crippen MR) is 72.1 cm³/mol. The first-order valence-electron chi connectivity index (χ1n) is 5.83. The molecule has 1 fully saturated rings. The van der Waals surface area contributed by atoms with Gasteiger partial charge in [0.1, 0.15) is 4.88 Å². The topological polar surface area (TPSA) is 32.3 Å². The number of piperidine rings is 1. The Morgan fingerprint density at radius 2 is 2.18 bits per heavy atom. The Balaban J connectivity index is 2.04. The van der Waals surface area contributed by atoms with Gasteiger partial charge in [-0.05, 0) is 37.8 Å². The number of thiophene rings is 1. The first-order valence-corrected chi connectivity index (χ1v) is 7.09. The molecule has 0 spiro atoms. The fourth-order valence-corrected chi connectivity index (χ4v) is 3.33. The molecule has 0 radical (unpaired) electrons. The number of hydrogen-bond acceptors (Lipinski definition) is 3. The molecule has 2 heterocycles. The van der Waals surface area contributed by atoms with Gasteiger partial charge >= 0.3 is 0 Å². The van der Waals surface area contributed by atoms with Gasteiger partial charge in [-0.1, -0.05) is 11.6 Å². The van der Waals surface area contributed by atoms with Crippen LogP contribution in [0.25, 0.3) is 0 Å². The number of halogens is 1. The molecule has 1 aliphatic rings. The second-order valence-corrected chi connectivity index (χ2v) is 5.67. The molecular formula is C12H17ClN2OS. The highest BCUT2D eigenvalue weighted by Gasteiger charge is 2.25. The predicted octanol–water partition coefficient (Wildman–Crippen LogP) is 2.53. The summed E-state index contributed by atoms with van der Waals surface area (Å²) in [5.74, 6) is 0.0858. The van der Waals surface area contributed by atoms with Crippen LogP contribution in [-0.2, 0) is 0 Å². The van der Waals surface area contributed by atoms with Crippen molar-refractivity contribution in [3.63, 3.8) is 0 Å². The van der Waals surface area contributed by atoms with Gasteiger partial charge in [0.2, 0.25) is 0 Å². The third-order valence-corrected chi connectivity index (χ3v) is 4.97. The fourth-order valence-electron chi connectivity index (χ4n) is 2.09. The van der Waals surface area contributed by atoms with Crippen LogP contribution in [0.3, 0.4) is 0 Å². The Hall–Kier alpha value is -0.580. The van der Waals surface area contributed by atoms with Crippen LogP contribution in [0.4, 0.5) is 0 Å². The second-order valence-electron chi connectivity index (χ2n) is 4.42. The number of nitrogens with one attached hydrogen (secondary N) is 1. The highest BCUT2D eigenvalue weighted by Crippen LogP contribution is 2.29. The van der Waals surface area contributed by atoms with Crippen molar-refractivity contribution < 1.29 is 4.79 Å². The lowest BCUT2D eigenvalue weighted by Gasteiger charge is -2.31. The molecule has 0 saturated carbocycles. The Morgan fingerprint density at radius 3 is 2.65 bits per heavy atom. The van der Waals surface area contributed by atoms with Crippen molar-refractivity contribution in [2.75, 3.05) is 20.1 Å². The zero-order valence-corrected chi connectivity index (χ0v) is 11.7. The molecule has 5 heteroatoms. The maximum Gasteiger partial charge on any atom is 0.265 e. The quantitative estimate of drug-likeness (QED) is 0.897. The molecule has 0 bridgehead atoms. The Labute approximate surface area is 111 Å². The average Bonchev–Trinajstić information content (AvgIpc) is 2.69. The number of carbonyl (C=O) groups is 1. The molecule has 2 rings (SSSR count). The molecule has 0 aromatic carbocycles. The van der Waals surface area contributed by atoms with Gasteiger partial charge in [-0.25, -0.2) is 0 Å². The minimum absolute atomic E-state index is 0.0858. The maximum atomic E-state index is 12.3. The monoisotopic (exact) mass is 272 g/mol. The van der Waals surface area contributed by atoms with Crippen molar-refractivity contribution in [2.45, 2.75) is 25.8 Å². The summed E-state index contributed by atoms with van der Waals surface area (Å²) in [6, 6.07) is 0.541. The Kier molecular flexibility index (Phi) is 4.07. The molecule has 0 aliphatic carbocycles. The molecule has 94 valence electrons. The standard InChI is InChI=1S/C12H17ClN2OS/c1-8-7-17-11(10(8)13)12(16)15-5-3-9(14-2)4-6-15/h7,9,14H,3-6H2,1-2H3. The van der Waals surface area contributed by atoms with Gasteiger partial charge < -0.3 is 10.2 Å². The first-order chi connectivity index (χ1) is 8.13. The SMILES string of the molecule is CNC1CCN(C(=O)c2scc(C)c2Cl)CC1. The summed E-state index contributed by atoms with van der Waals surface area (Å²) in [4.78, 5) is 14.9. The lowest BCUT2D eigenvalue weighted by molar-refractivity contribution is 0.0712. The van der Waals surface area contributed by atoms with Gasteiger partial charge in [-0.15, -0.1) is 11.3 Å². The van der Waals surface area contributed by atoms with Crippen molar-refractivity contribution in [1.29, 1.82) is 0 Å². The summed E-state index contributed by atoms with van der Waals surface area (Å²) in [5.41, 5.74) is 0.991. The summed E-state index contributed by atoms with van der Waals surface area (Å²) >= 11 is 7.58. The summed E-state index contributed by atoms with van der Waals surface area (Å²) in [7, 11) is 1.97. The largest absolute Gasteiger partial charge is 0.338 e. The normalized spacial score (nSPS) is 17.5. The number of hydrogen-bond donors (Lipinski definition) is 1. The second kappa shape index (κ2) is 5.38. The molecule has 0 unspecified atom stereocenters. The summed E-state index contributed by atoms with van der Waals surface area (Å²) < 4.78 is 0. The van der Waals surface area contributed by atoms with Crippen LogP contribution >= 0.6 is 22.9 Å². The lowest BCUT2D eigenvalue weighted by atomic mass is 10.1. The van der Waals surface area contributed by atoms with Crippen LogP contribution in [-0.4, -0.2) is 37.0 Å². The zero-order valence-electron chi connectivity index (χ0n) is 10.1. The van der Waals surface area contributed by atoms with E-state index >= 15 is 0 Å². The van der Waals surface area contributed by atoms with Gasteiger partial charge in [0.25, 0.3) is 5.91 Å². The number of rotatable bonds is 2. The molecule has 1 amide bonds. The van der Waals surface area contributed by atoms with Gasteiger partial charge in [-0.2, -0.15) is 0 Å². The highest BCUT2D eigenvalue weighted by atomic mass is 35.5. The minimum atomic E-state index is 0.0858. The van der Waals surface area contributed by atoms with Crippen LogP contribution in [0.1, 0.15) is 28.1 Å². The van der Waals surface area contributed by atoms with Gasteiger partial charge in [0.15, 0.2) is 0 Å². The van der Waals surface area contributed by atoms with Crippen molar-refractivity contribution in [3.05, 3.63) is 20.8 Å². The van der Waals surface area contributed by atoms with E-state index in [2.05, 4.69) is 5.32 Å². The molecule has 3 nitrogen and oxygen atoms in total. The number of carbonyl (C=O) groups excluding carboxylic acids is 1. The van der Waals surface area contributed by atoms with Crippen LogP contribution in [0.15, 0.2) is 5.38 Å². The van der Waals surface area contributed by atoms with E-state index < -0.39 is 0 Å². The lowest BCUT2D eigenvalue weighted by Crippen LogP contribution is -2.43. The van der Waals surface area contributed by atoms with E-state index in [0.717, 1.165) is 31.5 Å². The average molecular weight is 273 g/mol. The Bertz CT molecular complexity index is 411. The molecule has 1 aromatic heterocycles. The zero-order chi connectivity index (χ0) is 12.4. The summed E-state index contributed by atoms with van der Waals surface area (Å²) in [6.45, 7) is 3.57. The van der Waals surface area contributed by atoms with Crippen molar-refractivity contribution >= 4 is 28.8 Å². The summed E-state index contributed by atoms with van der Waals surface area (Å²) in [6.07, 6.45) is 2.04. The smallest absolute Gasteiger partial charge is 0.265 e. The third kappa shape index (κ3) is 2.64. The first kappa shape index (κ1) is 12.9. The van der Waals surface area contributed by atoms with E-state index in [0.29, 0.717) is 15.9 Å². The Morgan fingerprint density at radius 1 is 1.53 bits per heavy atom. The van der Waals surface area contributed by atoms with Crippen molar-refractivity contribution in [3.8, 4) is 0 Å². The van der Waals surface area contributed by atoms with Crippen molar-refractivity contribution in [2.24, 2.45) is 0 Å². The molecular weight excluding hydrogens is 256 g/mol. The molecule has 1 N–H and O–H groups in total. The van der Waals surface area contributed by atoms with E-state index in [1.165, 1.54) is 11.3 Å². The van der Waals surface area contributed by atoms with E-state index in [1.807, 2.05) is 24.3 Å². The maximum absolute atomic E-state index is 12.3. The number of aryl methyl sites for hydroxylation is 1. The van der Waals surface area contributed by atoms with E-state index in [-0.39, 0.29) is 5.91 Å². The van der Waals surface area contributed by atoms with Crippen LogP contribution in [0, 0.1) is 6.92 Å². The summed E-state index contributed by atoms with van der Waals surface area (Å²) in [5, 5.41) is 5.82. The molecule has 1 aliphatic heterocycles. The van der Waals surface area contributed by atoms with Gasteiger partial charge in [0, 0.05) is 19.1 Å². The molecule has 1 aromatic rings. The van der Waals surface area contributed by atoms with E-state index in [1.54, 1.807) is 0 Å².